The summed E-state index contributed by atoms with van der Waals surface area (Å²) in [4.78, 5) is 4.22. The van der Waals surface area contributed by atoms with E-state index >= 15 is 0 Å². The first-order valence-corrected chi connectivity index (χ1v) is 7.72. The van der Waals surface area contributed by atoms with E-state index in [0.29, 0.717) is 36.6 Å². The standard InChI is InChI=1S/C18H21F2N3O2/c1-24-16-6-3-12(9-17(16)25-2)11-23-18(21)22-8-7-13-10-14(19)4-5-15(13)20/h3-6,9-10H,7-8,11H2,1-2H3,(H3,21,22,23). The van der Waals surface area contributed by atoms with Gasteiger partial charge in [-0.25, -0.2) is 13.8 Å². The summed E-state index contributed by atoms with van der Waals surface area (Å²) in [5, 5.41) is 2.88. The number of guanidine groups is 1. The molecule has 0 aromatic heterocycles. The summed E-state index contributed by atoms with van der Waals surface area (Å²) in [6.45, 7) is 0.704. The number of halogens is 2. The molecule has 0 aliphatic carbocycles. The Hall–Kier alpha value is -2.83. The highest BCUT2D eigenvalue weighted by molar-refractivity contribution is 5.77. The molecule has 0 bridgehead atoms. The molecule has 0 fully saturated rings. The second kappa shape index (κ2) is 8.86. The number of hydrogen-bond donors (Lipinski definition) is 2. The topological polar surface area (TPSA) is 68.9 Å². The van der Waals surface area contributed by atoms with Crippen molar-refractivity contribution >= 4 is 5.96 Å². The highest BCUT2D eigenvalue weighted by Gasteiger charge is 2.05. The summed E-state index contributed by atoms with van der Waals surface area (Å²) in [6, 6.07) is 8.84. The first-order valence-electron chi connectivity index (χ1n) is 7.72. The minimum atomic E-state index is -0.466. The fourth-order valence-corrected chi connectivity index (χ4v) is 2.27. The van der Waals surface area contributed by atoms with Crippen LogP contribution < -0.4 is 20.5 Å². The Labute approximate surface area is 145 Å². The molecule has 0 saturated carbocycles. The highest BCUT2D eigenvalue weighted by Crippen LogP contribution is 2.27. The Morgan fingerprint density at radius 2 is 1.84 bits per heavy atom. The predicted molar refractivity (Wildman–Crippen MR) is 92.9 cm³/mol. The zero-order chi connectivity index (χ0) is 18.2. The number of nitrogens with zero attached hydrogens (tertiary/aromatic N) is 1. The normalized spacial score (nSPS) is 11.3. The lowest BCUT2D eigenvalue weighted by molar-refractivity contribution is 0.354. The third kappa shape index (κ3) is 5.34. The molecule has 0 saturated heterocycles. The van der Waals surface area contributed by atoms with E-state index in [2.05, 4.69) is 10.3 Å². The van der Waals surface area contributed by atoms with Gasteiger partial charge in [0.2, 0.25) is 0 Å². The number of nitrogens with one attached hydrogen (secondary N) is 1. The van der Waals surface area contributed by atoms with E-state index in [-0.39, 0.29) is 5.96 Å². The molecule has 0 atom stereocenters. The Morgan fingerprint density at radius 1 is 1.08 bits per heavy atom. The molecule has 7 heteroatoms. The second-order valence-corrected chi connectivity index (χ2v) is 5.30. The van der Waals surface area contributed by atoms with Crippen molar-refractivity contribution in [3.63, 3.8) is 0 Å². The lowest BCUT2D eigenvalue weighted by Crippen LogP contribution is -2.33. The SMILES string of the molecule is COc1ccc(CN=C(N)NCCc2cc(F)ccc2F)cc1OC. The van der Waals surface area contributed by atoms with E-state index in [1.807, 2.05) is 12.1 Å². The monoisotopic (exact) mass is 349 g/mol. The maximum Gasteiger partial charge on any atom is 0.188 e. The smallest absolute Gasteiger partial charge is 0.188 e. The zero-order valence-corrected chi connectivity index (χ0v) is 14.2. The van der Waals surface area contributed by atoms with Crippen LogP contribution in [0.25, 0.3) is 0 Å². The van der Waals surface area contributed by atoms with Crippen molar-refractivity contribution in [1.82, 2.24) is 5.32 Å². The molecule has 0 unspecified atom stereocenters. The van der Waals surface area contributed by atoms with Gasteiger partial charge in [0, 0.05) is 6.54 Å². The van der Waals surface area contributed by atoms with Gasteiger partial charge in [-0.3, -0.25) is 0 Å². The largest absolute Gasteiger partial charge is 0.493 e. The minimum Gasteiger partial charge on any atom is -0.493 e. The van der Waals surface area contributed by atoms with Crippen LogP contribution in [-0.4, -0.2) is 26.7 Å². The molecular weight excluding hydrogens is 328 g/mol. The van der Waals surface area contributed by atoms with Crippen molar-refractivity contribution in [2.75, 3.05) is 20.8 Å². The van der Waals surface area contributed by atoms with Crippen molar-refractivity contribution in [3.05, 3.63) is 59.2 Å². The summed E-state index contributed by atoms with van der Waals surface area (Å²) in [5.41, 5.74) is 6.99. The fraction of sp³-hybridized carbons (Fsp3) is 0.278. The van der Waals surface area contributed by atoms with Crippen LogP contribution in [-0.2, 0) is 13.0 Å². The molecule has 2 rings (SSSR count). The molecule has 2 aromatic carbocycles. The number of ether oxygens (including phenoxy) is 2. The average molecular weight is 349 g/mol. The highest BCUT2D eigenvalue weighted by atomic mass is 19.1. The lowest BCUT2D eigenvalue weighted by Gasteiger charge is -2.09. The van der Waals surface area contributed by atoms with Crippen LogP contribution in [0.3, 0.4) is 0 Å². The van der Waals surface area contributed by atoms with Gasteiger partial charge in [-0.05, 0) is 47.9 Å². The Bertz CT molecular complexity index is 751. The van der Waals surface area contributed by atoms with Crippen LogP contribution in [0.1, 0.15) is 11.1 Å². The molecule has 0 radical (unpaired) electrons. The van der Waals surface area contributed by atoms with E-state index in [1.54, 1.807) is 20.3 Å². The molecule has 134 valence electrons. The summed E-state index contributed by atoms with van der Waals surface area (Å²) in [7, 11) is 3.13. The zero-order valence-electron chi connectivity index (χ0n) is 14.2. The third-order valence-corrected chi connectivity index (χ3v) is 3.59. The summed E-state index contributed by atoms with van der Waals surface area (Å²) < 4.78 is 37.0. The van der Waals surface area contributed by atoms with Gasteiger partial charge in [0.25, 0.3) is 0 Å². The fourth-order valence-electron chi connectivity index (χ4n) is 2.27. The molecule has 0 amide bonds. The Kier molecular flexibility index (Phi) is 6.56. The van der Waals surface area contributed by atoms with Gasteiger partial charge >= 0.3 is 0 Å². The van der Waals surface area contributed by atoms with Crippen LogP contribution in [0.15, 0.2) is 41.4 Å². The second-order valence-electron chi connectivity index (χ2n) is 5.30. The summed E-state index contributed by atoms with van der Waals surface area (Å²) in [6.07, 6.45) is 0.302. The summed E-state index contributed by atoms with van der Waals surface area (Å²) >= 11 is 0. The van der Waals surface area contributed by atoms with Crippen LogP contribution in [0.4, 0.5) is 8.78 Å². The van der Waals surface area contributed by atoms with Crippen molar-refractivity contribution in [2.24, 2.45) is 10.7 Å². The number of methoxy groups -OCH3 is 2. The molecule has 0 heterocycles. The van der Waals surface area contributed by atoms with Gasteiger partial charge in [0.05, 0.1) is 20.8 Å². The maximum atomic E-state index is 13.5. The Morgan fingerprint density at radius 3 is 2.56 bits per heavy atom. The predicted octanol–water partition coefficient (Wildman–Crippen LogP) is 2.63. The molecule has 0 aliphatic rings. The molecule has 3 N–H and O–H groups in total. The molecule has 2 aromatic rings. The van der Waals surface area contributed by atoms with Gasteiger partial charge in [-0.1, -0.05) is 6.07 Å². The first kappa shape index (κ1) is 18.5. The quantitative estimate of drug-likeness (QED) is 0.596. The molecule has 25 heavy (non-hydrogen) atoms. The van der Waals surface area contributed by atoms with Gasteiger partial charge < -0.3 is 20.5 Å². The van der Waals surface area contributed by atoms with Crippen molar-refractivity contribution < 1.29 is 18.3 Å². The van der Waals surface area contributed by atoms with Gasteiger partial charge in [0.1, 0.15) is 11.6 Å². The molecule has 0 aliphatic heterocycles. The number of rotatable bonds is 7. The van der Waals surface area contributed by atoms with E-state index in [1.165, 1.54) is 6.07 Å². The minimum absolute atomic E-state index is 0.228. The maximum absolute atomic E-state index is 13.5. The van der Waals surface area contributed by atoms with Crippen molar-refractivity contribution in [3.8, 4) is 11.5 Å². The van der Waals surface area contributed by atoms with Crippen molar-refractivity contribution in [2.45, 2.75) is 13.0 Å². The van der Waals surface area contributed by atoms with E-state index in [9.17, 15) is 8.78 Å². The Balaban J connectivity index is 1.88. The number of nitrogens with two attached hydrogens (primary N) is 1. The van der Waals surface area contributed by atoms with Crippen LogP contribution in [0.5, 0.6) is 11.5 Å². The van der Waals surface area contributed by atoms with Crippen LogP contribution in [0, 0.1) is 11.6 Å². The average Bonchev–Trinajstić information content (AvgIpc) is 2.62. The lowest BCUT2D eigenvalue weighted by atomic mass is 10.1. The van der Waals surface area contributed by atoms with E-state index in [0.717, 1.165) is 17.7 Å². The van der Waals surface area contributed by atoms with Gasteiger partial charge in [-0.2, -0.15) is 0 Å². The first-order chi connectivity index (χ1) is 12.0. The van der Waals surface area contributed by atoms with Crippen molar-refractivity contribution in [1.29, 1.82) is 0 Å². The van der Waals surface area contributed by atoms with Crippen LogP contribution in [0.2, 0.25) is 0 Å². The van der Waals surface area contributed by atoms with E-state index < -0.39 is 11.6 Å². The number of hydrogen-bond acceptors (Lipinski definition) is 3. The van der Waals surface area contributed by atoms with E-state index in [4.69, 9.17) is 15.2 Å². The molecule has 0 spiro atoms. The molecule has 5 nitrogen and oxygen atoms in total. The molecular formula is C18H21F2N3O2. The number of benzene rings is 2. The summed E-state index contributed by atoms with van der Waals surface area (Å²) in [5.74, 6) is 0.573. The third-order valence-electron chi connectivity index (χ3n) is 3.59. The number of aliphatic imine (C=N–C) groups is 1. The van der Waals surface area contributed by atoms with Gasteiger partial charge in [-0.15, -0.1) is 0 Å². The van der Waals surface area contributed by atoms with Crippen LogP contribution >= 0.6 is 0 Å². The van der Waals surface area contributed by atoms with Gasteiger partial charge in [0.15, 0.2) is 17.5 Å².